The maximum Gasteiger partial charge on any atom is 2.00 e. The fourth-order valence-electron chi connectivity index (χ4n) is 4.30. The van der Waals surface area contributed by atoms with Gasteiger partial charge in [-0.15, -0.1) is 0 Å². The molecule has 206 valence electrons. The number of alkyl halides is 6. The molecule has 15 heteroatoms. The molecule has 37 heavy (non-hydrogen) atoms. The van der Waals surface area contributed by atoms with Crippen LogP contribution in [0.15, 0.2) is 0 Å². The third kappa shape index (κ3) is 10.6. The topological polar surface area (TPSA) is 109 Å². The van der Waals surface area contributed by atoms with Crippen molar-refractivity contribution < 1.29 is 74.0 Å². The van der Waals surface area contributed by atoms with Crippen molar-refractivity contribution in [2.45, 2.75) is 75.2 Å². The second kappa shape index (κ2) is 14.1. The Bertz CT molecular complexity index is 836. The van der Waals surface area contributed by atoms with Crippen molar-refractivity contribution in [1.29, 1.82) is 0 Å². The zero-order valence-corrected chi connectivity index (χ0v) is 22.7. The summed E-state index contributed by atoms with van der Waals surface area (Å²) in [6, 6.07) is 0. The molecule has 4 aliphatic rings. The van der Waals surface area contributed by atoms with Crippen molar-refractivity contribution in [3.05, 3.63) is 61.2 Å². The Hall–Kier alpha value is 0.114. The van der Waals surface area contributed by atoms with E-state index in [1.165, 1.54) is 64.2 Å². The van der Waals surface area contributed by atoms with Gasteiger partial charge in [0.05, 0.1) is 0 Å². The maximum absolute atomic E-state index is 10.7. The standard InChI is InChI=1S/C20H24.2CHF3O3S.Ti/c1-3-7-19-15(5-1)9-11-17(19)13-14-18-12-10-16-6-2-4-8-20(16)18;2*2-1(3,4)8(5,6)7;/h9-12H,1-8,13-14H2;2*(H,5,6,7);/q;;;+2. The van der Waals surface area contributed by atoms with Crippen LogP contribution in [-0.4, -0.2) is 37.0 Å². The van der Waals surface area contributed by atoms with E-state index in [4.69, 9.17) is 25.9 Å². The second-order valence-corrected chi connectivity index (χ2v) is 11.3. The van der Waals surface area contributed by atoms with Crippen LogP contribution in [0.2, 0.25) is 0 Å². The van der Waals surface area contributed by atoms with Crippen LogP contribution < -0.4 is 0 Å². The molecular formula is C22H26F6O6S2Ti+2. The third-order valence-corrected chi connectivity index (χ3v) is 7.19. The summed E-state index contributed by atoms with van der Waals surface area (Å²) < 4.78 is 115. The maximum atomic E-state index is 10.7. The minimum atomic E-state index is -5.84. The molecule has 0 unspecified atom stereocenters. The van der Waals surface area contributed by atoms with E-state index in [1.807, 2.05) is 0 Å². The SMILES string of the molecule is O=S(=O)(O)C(F)(F)F.O=S(=O)(O)C(F)(F)F.[CH]1[CH][C](CC[C]2[CH][CH][C]3CCCC[C]32)[C]2CCCC[C]12.[Ti+2]. The molecule has 0 heterocycles. The Balaban J connectivity index is 0.000000340. The fraction of sp³-hybridized carbons (Fsp3) is 0.545. The van der Waals surface area contributed by atoms with Crippen molar-refractivity contribution in [1.82, 2.24) is 0 Å². The predicted octanol–water partition coefficient (Wildman–Crippen LogP) is 5.99. The van der Waals surface area contributed by atoms with Gasteiger partial charge in [0.1, 0.15) is 0 Å². The number of fused-ring (bicyclic) bond motifs is 2. The third-order valence-electron chi connectivity index (χ3n) is 6.02. The predicted molar refractivity (Wildman–Crippen MR) is 118 cm³/mol. The van der Waals surface area contributed by atoms with E-state index in [1.54, 1.807) is 35.5 Å². The Morgan fingerprint density at radius 3 is 1.14 bits per heavy atom. The van der Waals surface area contributed by atoms with Gasteiger partial charge in [-0.2, -0.15) is 43.2 Å². The van der Waals surface area contributed by atoms with E-state index in [9.17, 15) is 26.3 Å². The Morgan fingerprint density at radius 2 is 0.865 bits per heavy atom. The summed E-state index contributed by atoms with van der Waals surface area (Å²) in [4.78, 5) is 0. The molecule has 4 aliphatic carbocycles. The summed E-state index contributed by atoms with van der Waals surface area (Å²) in [6.07, 6.45) is 23.0. The van der Waals surface area contributed by atoms with Crippen molar-refractivity contribution >= 4 is 20.2 Å². The van der Waals surface area contributed by atoms with Crippen LogP contribution in [0, 0.1) is 61.2 Å². The molecule has 4 fully saturated rings. The molecule has 2 N–H and O–H groups in total. The Labute approximate surface area is 230 Å². The van der Waals surface area contributed by atoms with E-state index in [2.05, 4.69) is 25.7 Å². The summed E-state index contributed by atoms with van der Waals surface area (Å²) in [5, 5.41) is 0. The van der Waals surface area contributed by atoms with E-state index in [-0.39, 0.29) is 21.7 Å². The minimum Gasteiger partial charge on any atom is -0.279 e. The summed E-state index contributed by atoms with van der Waals surface area (Å²) in [6.45, 7) is 0. The smallest absolute Gasteiger partial charge is 0.279 e. The van der Waals surface area contributed by atoms with E-state index < -0.39 is 31.3 Å². The molecule has 0 amide bonds. The van der Waals surface area contributed by atoms with E-state index >= 15 is 0 Å². The zero-order valence-electron chi connectivity index (χ0n) is 19.5. The van der Waals surface area contributed by atoms with Gasteiger partial charge in [0.2, 0.25) is 0 Å². The normalized spacial score (nSPS) is 23.2. The van der Waals surface area contributed by atoms with Crippen LogP contribution in [0.25, 0.3) is 0 Å². The van der Waals surface area contributed by atoms with Crippen LogP contribution in [0.3, 0.4) is 0 Å². The molecular weight excluding hydrogens is 586 g/mol. The second-order valence-electron chi connectivity index (χ2n) is 8.48. The van der Waals surface area contributed by atoms with E-state index in [0.29, 0.717) is 0 Å². The molecule has 0 aromatic heterocycles. The average molecular weight is 612 g/mol. The zero-order chi connectivity index (χ0) is 27.4. The monoisotopic (exact) mass is 612 g/mol. The van der Waals surface area contributed by atoms with Crippen molar-refractivity contribution in [3.8, 4) is 0 Å². The minimum absolute atomic E-state index is 0. The first-order valence-corrected chi connectivity index (χ1v) is 13.9. The van der Waals surface area contributed by atoms with Gasteiger partial charge in [0.15, 0.2) is 0 Å². The molecule has 10 radical (unpaired) electrons. The van der Waals surface area contributed by atoms with Crippen LogP contribution in [-0.2, 0) is 42.0 Å². The van der Waals surface area contributed by atoms with E-state index in [0.717, 1.165) is 0 Å². The summed E-state index contributed by atoms with van der Waals surface area (Å²) in [5.41, 5.74) is -11.1. The van der Waals surface area contributed by atoms with Crippen LogP contribution in [0.4, 0.5) is 26.3 Å². The molecule has 0 spiro atoms. The van der Waals surface area contributed by atoms with Gasteiger partial charge in [-0.05, 0) is 99.7 Å². The Kier molecular flexibility index (Phi) is 13.4. The van der Waals surface area contributed by atoms with Crippen molar-refractivity contribution in [2.75, 3.05) is 0 Å². The van der Waals surface area contributed by atoms with Crippen LogP contribution in [0.5, 0.6) is 0 Å². The molecule has 6 nitrogen and oxygen atoms in total. The molecule has 4 saturated carbocycles. The van der Waals surface area contributed by atoms with Crippen molar-refractivity contribution in [3.63, 3.8) is 0 Å². The first kappa shape index (κ1) is 35.1. The first-order chi connectivity index (χ1) is 16.4. The molecule has 0 aromatic rings. The van der Waals surface area contributed by atoms with Gasteiger partial charge in [0, 0.05) is 0 Å². The summed E-state index contributed by atoms with van der Waals surface area (Å²) in [7, 11) is -11.7. The average Bonchev–Trinajstić information content (AvgIpc) is 3.34. The fourth-order valence-corrected chi connectivity index (χ4v) is 4.30. The number of hydrogen-bond donors (Lipinski definition) is 2. The molecule has 0 aliphatic heterocycles. The van der Waals surface area contributed by atoms with Gasteiger partial charge in [-0.3, -0.25) is 9.11 Å². The number of hydrogen-bond acceptors (Lipinski definition) is 4. The van der Waals surface area contributed by atoms with Crippen LogP contribution in [0.1, 0.15) is 64.2 Å². The molecule has 0 bridgehead atoms. The van der Waals surface area contributed by atoms with Crippen molar-refractivity contribution in [2.24, 2.45) is 0 Å². The van der Waals surface area contributed by atoms with Gasteiger partial charge in [0.25, 0.3) is 0 Å². The van der Waals surface area contributed by atoms with Crippen LogP contribution >= 0.6 is 0 Å². The van der Waals surface area contributed by atoms with Gasteiger partial charge in [-0.1, -0.05) is 25.7 Å². The number of rotatable bonds is 3. The molecule has 4 rings (SSSR count). The molecule has 0 saturated heterocycles. The van der Waals surface area contributed by atoms with Gasteiger partial charge < -0.3 is 0 Å². The van der Waals surface area contributed by atoms with Gasteiger partial charge >= 0.3 is 53.0 Å². The number of halogens is 6. The van der Waals surface area contributed by atoms with Gasteiger partial charge in [-0.25, -0.2) is 0 Å². The summed E-state index contributed by atoms with van der Waals surface area (Å²) in [5.74, 6) is 10.00. The quantitative estimate of drug-likeness (QED) is 0.176. The largest absolute Gasteiger partial charge is 2.00 e. The Morgan fingerprint density at radius 1 is 0.595 bits per heavy atom. The molecule has 0 atom stereocenters. The first-order valence-electron chi connectivity index (χ1n) is 11.0. The molecule has 0 aromatic carbocycles. The summed E-state index contributed by atoms with van der Waals surface area (Å²) >= 11 is 0.